The minimum atomic E-state index is -1.42. The Morgan fingerprint density at radius 2 is 1.03 bits per heavy atom. The summed E-state index contributed by atoms with van der Waals surface area (Å²) in [7, 11) is 5.74. The molecule has 35 heavy (non-hydrogen) atoms. The van der Waals surface area contributed by atoms with Crippen LogP contribution in [0.2, 0.25) is 0 Å². The van der Waals surface area contributed by atoms with E-state index in [1.807, 2.05) is 0 Å². The Hall–Kier alpha value is -4.14. The number of aryl methyl sites for hydroxylation is 2. The number of aromatic nitrogens is 8. The first-order valence-corrected chi connectivity index (χ1v) is 9.48. The van der Waals surface area contributed by atoms with Crippen molar-refractivity contribution >= 4 is 34.3 Å². The minimum absolute atomic E-state index is 0. The van der Waals surface area contributed by atoms with Crippen molar-refractivity contribution in [2.45, 2.75) is 13.1 Å². The maximum absolute atomic E-state index is 11.8. The molecule has 0 spiro atoms. The first-order valence-electron chi connectivity index (χ1n) is 9.48. The summed E-state index contributed by atoms with van der Waals surface area (Å²) in [5.74, 6) is -2.84. The van der Waals surface area contributed by atoms with Crippen molar-refractivity contribution in [3.8, 4) is 0 Å². The van der Waals surface area contributed by atoms with E-state index in [4.69, 9.17) is 0 Å². The third-order valence-corrected chi connectivity index (χ3v) is 4.97. The van der Waals surface area contributed by atoms with Crippen LogP contribution in [0.4, 0.5) is 0 Å². The van der Waals surface area contributed by atoms with Gasteiger partial charge >= 0.3 is 30.9 Å². The number of rotatable bonds is 4. The number of fused-ring (bicyclic) bond motifs is 2. The fraction of sp³-hybridized carbons (Fsp3) is 0.333. The van der Waals surface area contributed by atoms with Gasteiger partial charge in [-0.25, -0.2) is 19.6 Å². The van der Waals surface area contributed by atoms with Crippen molar-refractivity contribution in [3.63, 3.8) is 0 Å². The van der Waals surface area contributed by atoms with E-state index < -0.39 is 47.5 Å². The minimum Gasteiger partial charge on any atom is -0.548 e. The predicted molar refractivity (Wildman–Crippen MR) is 110 cm³/mol. The van der Waals surface area contributed by atoms with Crippen molar-refractivity contribution in [1.29, 1.82) is 0 Å². The summed E-state index contributed by atoms with van der Waals surface area (Å²) in [6.45, 7) is -1.28. The standard InChI is InChI=1S/2C9H10N4O4.Zn/c2*1-11-4-10-7-6(11)8(16)12(2)9(17)13(7)3-5(14)15;/h2*4H,3H2,1-2H3,(H,14,15);/q;;+2/p-2. The van der Waals surface area contributed by atoms with Crippen molar-refractivity contribution < 1.29 is 39.3 Å². The van der Waals surface area contributed by atoms with Crippen LogP contribution in [0, 0.1) is 0 Å². The topological polar surface area (TPSA) is 204 Å². The molecule has 17 heteroatoms. The van der Waals surface area contributed by atoms with Gasteiger partial charge in [0.25, 0.3) is 11.1 Å². The van der Waals surface area contributed by atoms with E-state index in [0.29, 0.717) is 0 Å². The van der Waals surface area contributed by atoms with E-state index in [2.05, 4.69) is 9.97 Å². The maximum Gasteiger partial charge on any atom is 2.00 e. The monoisotopic (exact) mass is 538 g/mol. The van der Waals surface area contributed by atoms with Gasteiger partial charge in [0.15, 0.2) is 22.3 Å². The Morgan fingerprint density at radius 3 is 1.31 bits per heavy atom. The molecule has 0 radical (unpaired) electrons. The molecule has 0 amide bonds. The largest absolute Gasteiger partial charge is 2.00 e. The van der Waals surface area contributed by atoms with Crippen LogP contribution in [0.3, 0.4) is 0 Å². The molecule has 4 rings (SSSR count). The van der Waals surface area contributed by atoms with E-state index in [9.17, 15) is 39.0 Å². The fourth-order valence-corrected chi connectivity index (χ4v) is 3.30. The molecule has 0 aliphatic heterocycles. The van der Waals surface area contributed by atoms with Gasteiger partial charge < -0.3 is 28.9 Å². The third-order valence-electron chi connectivity index (χ3n) is 4.97. The first-order chi connectivity index (χ1) is 15.9. The Labute approximate surface area is 206 Å². The predicted octanol–water partition coefficient (Wildman–Crippen LogP) is -5.64. The van der Waals surface area contributed by atoms with Gasteiger partial charge in [0.05, 0.1) is 37.7 Å². The van der Waals surface area contributed by atoms with E-state index in [1.54, 1.807) is 14.1 Å². The summed E-state index contributed by atoms with van der Waals surface area (Å²) >= 11 is 0. The smallest absolute Gasteiger partial charge is 0.548 e. The van der Waals surface area contributed by atoms with Crippen molar-refractivity contribution in [3.05, 3.63) is 54.3 Å². The second kappa shape index (κ2) is 10.0. The summed E-state index contributed by atoms with van der Waals surface area (Å²) < 4.78 is 6.34. The average molecular weight is 540 g/mol. The normalized spacial score (nSPS) is 10.6. The Balaban J connectivity index is 0.000000240. The molecule has 180 valence electrons. The molecule has 0 fully saturated rings. The van der Waals surface area contributed by atoms with Crippen molar-refractivity contribution in [2.24, 2.45) is 28.2 Å². The molecule has 0 unspecified atom stereocenters. The van der Waals surface area contributed by atoms with Crippen LogP contribution in [0.25, 0.3) is 22.3 Å². The Bertz CT molecular complexity index is 1570. The average Bonchev–Trinajstić information content (AvgIpc) is 3.34. The van der Waals surface area contributed by atoms with Crippen LogP contribution >= 0.6 is 0 Å². The van der Waals surface area contributed by atoms with Crippen LogP contribution in [0.5, 0.6) is 0 Å². The van der Waals surface area contributed by atoms with E-state index >= 15 is 0 Å². The van der Waals surface area contributed by atoms with Crippen LogP contribution in [0.1, 0.15) is 0 Å². The Kier molecular flexibility index (Phi) is 7.75. The molecular formula is C18H18N8O8Zn. The number of imidazole rings is 2. The first kappa shape index (κ1) is 27.1. The molecule has 0 atom stereocenters. The Morgan fingerprint density at radius 1 is 0.714 bits per heavy atom. The number of carboxylic acid groups (broad SMARTS) is 2. The number of carboxylic acids is 2. The molecule has 0 saturated heterocycles. The summed E-state index contributed by atoms with van der Waals surface area (Å²) in [5.41, 5.74) is -2.05. The number of hydrogen-bond acceptors (Lipinski definition) is 10. The third kappa shape index (κ3) is 4.75. The van der Waals surface area contributed by atoms with Gasteiger partial charge in [-0.1, -0.05) is 0 Å². The summed E-state index contributed by atoms with van der Waals surface area (Å²) in [5, 5.41) is 21.1. The van der Waals surface area contributed by atoms with Gasteiger partial charge in [0.2, 0.25) is 0 Å². The molecule has 0 aliphatic rings. The summed E-state index contributed by atoms with van der Waals surface area (Å²) in [6.07, 6.45) is 2.69. The molecule has 0 N–H and O–H groups in total. The van der Waals surface area contributed by atoms with Gasteiger partial charge in [-0.15, -0.1) is 0 Å². The van der Waals surface area contributed by atoms with Crippen LogP contribution < -0.4 is 32.7 Å². The number of carbonyl (C=O) groups is 2. The van der Waals surface area contributed by atoms with Crippen molar-refractivity contribution in [2.75, 3.05) is 0 Å². The molecule has 16 nitrogen and oxygen atoms in total. The van der Waals surface area contributed by atoms with Crippen LogP contribution in [0.15, 0.2) is 31.8 Å². The maximum atomic E-state index is 11.8. The second-order valence-corrected chi connectivity index (χ2v) is 7.27. The van der Waals surface area contributed by atoms with E-state index in [-0.39, 0.29) is 41.8 Å². The zero-order chi connectivity index (χ0) is 25.5. The number of hydrogen-bond donors (Lipinski definition) is 0. The molecule has 4 aromatic rings. The number of carbonyl (C=O) groups excluding carboxylic acids is 2. The molecule has 4 aromatic heterocycles. The zero-order valence-electron chi connectivity index (χ0n) is 19.1. The van der Waals surface area contributed by atoms with E-state index in [1.165, 1.54) is 35.9 Å². The van der Waals surface area contributed by atoms with Gasteiger partial charge in [-0.3, -0.25) is 27.9 Å². The molecular weight excluding hydrogens is 522 g/mol. The van der Waals surface area contributed by atoms with Crippen molar-refractivity contribution in [1.82, 2.24) is 37.4 Å². The van der Waals surface area contributed by atoms with Crippen LogP contribution in [-0.4, -0.2) is 49.3 Å². The van der Waals surface area contributed by atoms with Gasteiger partial charge in [0, 0.05) is 28.2 Å². The van der Waals surface area contributed by atoms with Gasteiger partial charge in [0.1, 0.15) is 0 Å². The number of nitrogens with zero attached hydrogens (tertiary/aromatic N) is 8. The van der Waals surface area contributed by atoms with E-state index in [0.717, 1.165) is 18.3 Å². The second-order valence-electron chi connectivity index (χ2n) is 7.27. The van der Waals surface area contributed by atoms with Gasteiger partial charge in [-0.2, -0.15) is 0 Å². The molecule has 0 bridgehead atoms. The molecule has 4 heterocycles. The summed E-state index contributed by atoms with van der Waals surface area (Å²) in [6, 6.07) is 0. The SMILES string of the molecule is Cn1c(=O)c2c(ncn2C)n(CC(=O)[O-])c1=O.Cn1c(=O)c2c(ncn2C)n(CC(=O)[O-])c1=O.[Zn+2]. The molecule has 0 saturated carbocycles. The quantitative estimate of drug-likeness (QED) is 0.225. The zero-order valence-corrected chi connectivity index (χ0v) is 22.1. The number of aliphatic carboxylic acids is 2. The van der Waals surface area contributed by atoms with Crippen LogP contribution in [-0.2, 0) is 70.3 Å². The molecule has 0 aromatic carbocycles. The summed E-state index contributed by atoms with van der Waals surface area (Å²) in [4.78, 5) is 75.9. The molecule has 0 aliphatic carbocycles. The fourth-order valence-electron chi connectivity index (χ4n) is 3.30. The van der Waals surface area contributed by atoms with Gasteiger partial charge in [-0.05, 0) is 0 Å².